The standard InChI is InChI=1S/C25H23N3/c1-4-10-22(11-5-1)27-26-20-21-16-18-25(19-17-21)28(23-12-6-2-7-13-23)24-14-8-3-9-15-24/h1-19,26-27H,20H2. The molecule has 0 spiro atoms. The van der Waals surface area contributed by atoms with Gasteiger partial charge >= 0.3 is 0 Å². The fourth-order valence-corrected chi connectivity index (χ4v) is 3.13. The maximum Gasteiger partial charge on any atom is 0.0487 e. The predicted molar refractivity (Wildman–Crippen MR) is 118 cm³/mol. The van der Waals surface area contributed by atoms with Crippen molar-refractivity contribution in [2.24, 2.45) is 0 Å². The lowest BCUT2D eigenvalue weighted by molar-refractivity contribution is 0.801. The summed E-state index contributed by atoms with van der Waals surface area (Å²) in [5.74, 6) is 0. The molecule has 4 aromatic carbocycles. The van der Waals surface area contributed by atoms with E-state index in [-0.39, 0.29) is 0 Å². The molecule has 0 unspecified atom stereocenters. The third-order valence-corrected chi connectivity index (χ3v) is 4.52. The van der Waals surface area contributed by atoms with Crippen LogP contribution >= 0.6 is 0 Å². The molecule has 0 amide bonds. The van der Waals surface area contributed by atoms with E-state index >= 15 is 0 Å². The van der Waals surface area contributed by atoms with Crippen molar-refractivity contribution >= 4 is 22.7 Å². The van der Waals surface area contributed by atoms with Gasteiger partial charge in [0.15, 0.2) is 0 Å². The van der Waals surface area contributed by atoms with Gasteiger partial charge in [-0.3, -0.25) is 0 Å². The Bertz CT molecular complexity index is 929. The van der Waals surface area contributed by atoms with Gasteiger partial charge in [-0.25, -0.2) is 5.43 Å². The van der Waals surface area contributed by atoms with Crippen molar-refractivity contribution in [2.75, 3.05) is 10.3 Å². The molecule has 2 N–H and O–H groups in total. The highest BCUT2D eigenvalue weighted by atomic mass is 15.3. The summed E-state index contributed by atoms with van der Waals surface area (Å²) in [6.45, 7) is 0.742. The van der Waals surface area contributed by atoms with Crippen LogP contribution in [0.5, 0.6) is 0 Å². The van der Waals surface area contributed by atoms with Crippen LogP contribution in [-0.2, 0) is 6.54 Å². The van der Waals surface area contributed by atoms with Crippen molar-refractivity contribution in [1.29, 1.82) is 0 Å². The number of para-hydroxylation sites is 3. The van der Waals surface area contributed by atoms with Crippen LogP contribution in [0.2, 0.25) is 0 Å². The highest BCUT2D eigenvalue weighted by molar-refractivity contribution is 5.76. The Kier molecular flexibility index (Phi) is 5.66. The molecule has 4 aromatic rings. The first-order valence-corrected chi connectivity index (χ1v) is 9.43. The normalized spacial score (nSPS) is 10.4. The zero-order valence-corrected chi connectivity index (χ0v) is 15.6. The summed E-state index contributed by atoms with van der Waals surface area (Å²) >= 11 is 0. The number of hydrazine groups is 1. The lowest BCUT2D eigenvalue weighted by Gasteiger charge is -2.25. The Morgan fingerprint density at radius 2 is 0.964 bits per heavy atom. The van der Waals surface area contributed by atoms with Gasteiger partial charge in [-0.15, -0.1) is 0 Å². The molecule has 0 saturated carbocycles. The quantitative estimate of drug-likeness (QED) is 0.378. The number of benzene rings is 4. The maximum absolute atomic E-state index is 3.27. The lowest BCUT2D eigenvalue weighted by Crippen LogP contribution is -2.20. The Hall–Kier alpha value is -3.56. The molecule has 0 aliphatic rings. The second-order valence-electron chi connectivity index (χ2n) is 6.52. The highest BCUT2D eigenvalue weighted by Crippen LogP contribution is 2.33. The summed E-state index contributed by atoms with van der Waals surface area (Å²) in [7, 11) is 0. The topological polar surface area (TPSA) is 27.3 Å². The molecule has 0 aliphatic heterocycles. The number of hydrogen-bond acceptors (Lipinski definition) is 3. The zero-order valence-electron chi connectivity index (χ0n) is 15.6. The van der Waals surface area contributed by atoms with E-state index in [1.165, 1.54) is 5.56 Å². The van der Waals surface area contributed by atoms with Crippen molar-refractivity contribution in [3.63, 3.8) is 0 Å². The molecule has 0 aliphatic carbocycles. The number of rotatable bonds is 7. The van der Waals surface area contributed by atoms with E-state index in [1.807, 2.05) is 42.5 Å². The molecule has 28 heavy (non-hydrogen) atoms. The first-order valence-electron chi connectivity index (χ1n) is 9.43. The van der Waals surface area contributed by atoms with Crippen LogP contribution in [0.25, 0.3) is 0 Å². The summed E-state index contributed by atoms with van der Waals surface area (Å²) in [6.07, 6.45) is 0. The zero-order chi connectivity index (χ0) is 19.0. The minimum Gasteiger partial charge on any atom is -0.321 e. The van der Waals surface area contributed by atoms with Gasteiger partial charge in [0, 0.05) is 29.3 Å². The van der Waals surface area contributed by atoms with E-state index < -0.39 is 0 Å². The summed E-state index contributed by atoms with van der Waals surface area (Å²) in [5.41, 5.74) is 12.2. The van der Waals surface area contributed by atoms with Gasteiger partial charge in [0.05, 0.1) is 0 Å². The van der Waals surface area contributed by atoms with Gasteiger partial charge in [0.2, 0.25) is 0 Å². The van der Waals surface area contributed by atoms with Gasteiger partial charge in [0.1, 0.15) is 0 Å². The van der Waals surface area contributed by atoms with Crippen LogP contribution < -0.4 is 15.8 Å². The number of hydrogen-bond donors (Lipinski definition) is 2. The predicted octanol–water partition coefficient (Wildman–Crippen LogP) is 6.27. The molecule has 3 heteroatoms. The Balaban J connectivity index is 1.50. The molecule has 0 radical (unpaired) electrons. The largest absolute Gasteiger partial charge is 0.321 e. The van der Waals surface area contributed by atoms with Gasteiger partial charge in [-0.1, -0.05) is 66.7 Å². The molecule has 0 saturated heterocycles. The van der Waals surface area contributed by atoms with E-state index in [2.05, 4.69) is 88.5 Å². The molecule has 0 atom stereocenters. The van der Waals surface area contributed by atoms with Gasteiger partial charge in [0.25, 0.3) is 0 Å². The van der Waals surface area contributed by atoms with Gasteiger partial charge in [-0.2, -0.15) is 0 Å². The van der Waals surface area contributed by atoms with Crippen LogP contribution in [-0.4, -0.2) is 0 Å². The monoisotopic (exact) mass is 365 g/mol. The van der Waals surface area contributed by atoms with Crippen LogP contribution in [0, 0.1) is 0 Å². The van der Waals surface area contributed by atoms with Crippen molar-refractivity contribution < 1.29 is 0 Å². The highest BCUT2D eigenvalue weighted by Gasteiger charge is 2.11. The molecule has 0 fully saturated rings. The average molecular weight is 365 g/mol. The third-order valence-electron chi connectivity index (χ3n) is 4.52. The Morgan fingerprint density at radius 3 is 1.50 bits per heavy atom. The minimum absolute atomic E-state index is 0.742. The first-order chi connectivity index (χ1) is 13.9. The summed E-state index contributed by atoms with van der Waals surface area (Å²) in [4.78, 5) is 2.26. The molecule has 3 nitrogen and oxygen atoms in total. The third kappa shape index (κ3) is 4.40. The molecular formula is C25H23N3. The second-order valence-corrected chi connectivity index (χ2v) is 6.52. The molecular weight excluding hydrogens is 342 g/mol. The van der Waals surface area contributed by atoms with Crippen molar-refractivity contribution in [1.82, 2.24) is 5.43 Å². The van der Waals surface area contributed by atoms with E-state index in [9.17, 15) is 0 Å². The van der Waals surface area contributed by atoms with Crippen LogP contribution in [0.15, 0.2) is 115 Å². The summed E-state index contributed by atoms with van der Waals surface area (Å²) in [5, 5.41) is 0. The minimum atomic E-state index is 0.742. The van der Waals surface area contributed by atoms with E-state index in [0.717, 1.165) is 29.3 Å². The number of nitrogens with zero attached hydrogens (tertiary/aromatic N) is 1. The molecule has 0 aromatic heterocycles. The van der Waals surface area contributed by atoms with E-state index in [0.29, 0.717) is 0 Å². The van der Waals surface area contributed by atoms with E-state index in [1.54, 1.807) is 0 Å². The fourth-order valence-electron chi connectivity index (χ4n) is 3.13. The fraction of sp³-hybridized carbons (Fsp3) is 0.0400. The van der Waals surface area contributed by atoms with Crippen molar-refractivity contribution in [2.45, 2.75) is 6.54 Å². The number of anilines is 4. The molecule has 0 heterocycles. The summed E-state index contributed by atoms with van der Waals surface area (Å²) < 4.78 is 0. The molecule has 138 valence electrons. The van der Waals surface area contributed by atoms with Crippen molar-refractivity contribution in [3.05, 3.63) is 121 Å². The Labute approximate surface area is 166 Å². The molecule has 4 rings (SSSR count). The average Bonchev–Trinajstić information content (AvgIpc) is 2.77. The van der Waals surface area contributed by atoms with Gasteiger partial charge in [-0.05, 0) is 54.1 Å². The van der Waals surface area contributed by atoms with Gasteiger partial charge < -0.3 is 10.3 Å². The summed E-state index contributed by atoms with van der Waals surface area (Å²) in [6, 6.07) is 39.6. The lowest BCUT2D eigenvalue weighted by atomic mass is 10.1. The van der Waals surface area contributed by atoms with E-state index in [4.69, 9.17) is 0 Å². The SMILES string of the molecule is c1ccc(NNCc2ccc(N(c3ccccc3)c3ccccc3)cc2)cc1. The maximum atomic E-state index is 3.27. The van der Waals surface area contributed by atoms with Crippen LogP contribution in [0.1, 0.15) is 5.56 Å². The second kappa shape index (κ2) is 8.89. The van der Waals surface area contributed by atoms with Crippen molar-refractivity contribution in [3.8, 4) is 0 Å². The van der Waals surface area contributed by atoms with Crippen LogP contribution in [0.3, 0.4) is 0 Å². The van der Waals surface area contributed by atoms with Crippen LogP contribution in [0.4, 0.5) is 22.7 Å². The Morgan fingerprint density at radius 1 is 0.500 bits per heavy atom. The smallest absolute Gasteiger partial charge is 0.0487 e. The number of nitrogens with one attached hydrogen (secondary N) is 2. The first kappa shape index (κ1) is 17.8. The molecule has 0 bridgehead atoms.